The molecule has 0 amide bonds. The van der Waals surface area contributed by atoms with Gasteiger partial charge in [0.15, 0.2) is 0 Å². The predicted molar refractivity (Wildman–Crippen MR) is 67.4 cm³/mol. The van der Waals surface area contributed by atoms with Crippen LogP contribution in [0, 0.1) is 5.92 Å². The van der Waals surface area contributed by atoms with Crippen LogP contribution in [0.25, 0.3) is 0 Å². The third-order valence-corrected chi connectivity index (χ3v) is 2.90. The number of hydrogen-bond acceptors (Lipinski definition) is 2. The summed E-state index contributed by atoms with van der Waals surface area (Å²) in [5, 5.41) is 16.8. The maximum Gasteiger partial charge on any atom is 0.307 e. The van der Waals surface area contributed by atoms with Gasteiger partial charge in [0.05, 0.1) is 12.3 Å². The maximum atomic E-state index is 10.2. The molecule has 0 saturated heterocycles. The van der Waals surface area contributed by atoms with Gasteiger partial charge in [-0.15, -0.1) is 0 Å². The van der Waals surface area contributed by atoms with E-state index in [2.05, 4.69) is 0 Å². The van der Waals surface area contributed by atoms with Gasteiger partial charge in [0.25, 0.3) is 0 Å². The molecule has 0 heterocycles. The number of benzene rings is 1. The van der Waals surface area contributed by atoms with E-state index in [-0.39, 0.29) is 12.3 Å². The zero-order chi connectivity index (χ0) is 13.4. The molecule has 18 heavy (non-hydrogen) atoms. The highest BCUT2D eigenvalue weighted by molar-refractivity contribution is 5.70. The van der Waals surface area contributed by atoms with E-state index in [9.17, 15) is 9.59 Å². The second kappa shape index (κ2) is 7.48. The summed E-state index contributed by atoms with van der Waals surface area (Å²) in [5.41, 5.74) is 0.843. The van der Waals surface area contributed by atoms with Crippen molar-refractivity contribution in [1.82, 2.24) is 0 Å². The summed E-state index contributed by atoms with van der Waals surface area (Å²) in [6, 6.07) is 9.13. The van der Waals surface area contributed by atoms with Gasteiger partial charge in [0, 0.05) is 0 Å². The molecule has 1 aromatic rings. The third-order valence-electron chi connectivity index (χ3n) is 2.90. The summed E-state index contributed by atoms with van der Waals surface area (Å²) in [6.07, 6.45) is 4.12. The van der Waals surface area contributed by atoms with E-state index in [0.29, 0.717) is 0 Å². The highest BCUT2D eigenvalue weighted by atomic mass is 16.4. The number of carboxylic acids is 2. The lowest BCUT2D eigenvalue weighted by atomic mass is 10.1. The van der Waals surface area contributed by atoms with Gasteiger partial charge in [-0.2, -0.15) is 0 Å². The molecule has 0 aliphatic heterocycles. The average molecular weight is 250 g/mol. The Morgan fingerprint density at radius 1 is 1.06 bits per heavy atom. The van der Waals surface area contributed by atoms with Crippen LogP contribution in [0.1, 0.15) is 31.2 Å². The molecule has 1 aromatic carbocycles. The molecule has 4 nitrogen and oxygen atoms in total. The molecule has 2 rings (SSSR count). The Hall–Kier alpha value is -1.84. The van der Waals surface area contributed by atoms with Crippen molar-refractivity contribution < 1.29 is 19.8 Å². The van der Waals surface area contributed by atoms with Crippen LogP contribution < -0.4 is 0 Å². The molecule has 0 atom stereocenters. The Kier molecular flexibility index (Phi) is 5.91. The number of rotatable bonds is 3. The summed E-state index contributed by atoms with van der Waals surface area (Å²) in [6.45, 7) is 0. The van der Waals surface area contributed by atoms with Crippen LogP contribution in [0.5, 0.6) is 0 Å². The lowest BCUT2D eigenvalue weighted by Gasteiger charge is -1.97. The molecule has 0 aromatic heterocycles. The predicted octanol–water partition coefficient (Wildman–Crippen LogP) is 2.57. The van der Waals surface area contributed by atoms with E-state index in [1.165, 1.54) is 0 Å². The summed E-state index contributed by atoms with van der Waals surface area (Å²) < 4.78 is 0. The fourth-order valence-electron chi connectivity index (χ4n) is 1.94. The van der Waals surface area contributed by atoms with E-state index < -0.39 is 11.9 Å². The zero-order valence-corrected chi connectivity index (χ0v) is 10.2. The van der Waals surface area contributed by atoms with Gasteiger partial charge in [-0.25, -0.2) is 0 Å². The molecule has 0 spiro atoms. The maximum absolute atomic E-state index is 10.2. The standard InChI is InChI=1S/C8H8O2.C6H10O2/c9-8(10)6-7-4-2-1-3-5-7;7-6(8)5-3-1-2-4-5/h1-5H,6H2,(H,9,10);5H,1-4H2,(H,7,8). The summed E-state index contributed by atoms with van der Waals surface area (Å²) >= 11 is 0. The van der Waals surface area contributed by atoms with E-state index in [0.717, 1.165) is 31.2 Å². The first-order valence-corrected chi connectivity index (χ1v) is 6.08. The van der Waals surface area contributed by atoms with Gasteiger partial charge in [0.2, 0.25) is 0 Å². The van der Waals surface area contributed by atoms with Crippen LogP contribution in [0.2, 0.25) is 0 Å². The Bertz CT molecular complexity index is 380. The van der Waals surface area contributed by atoms with Crippen molar-refractivity contribution in [1.29, 1.82) is 0 Å². The molecule has 4 heteroatoms. The monoisotopic (exact) mass is 250 g/mol. The molecule has 98 valence electrons. The lowest BCUT2D eigenvalue weighted by Crippen LogP contribution is -2.07. The van der Waals surface area contributed by atoms with Crippen molar-refractivity contribution in [2.45, 2.75) is 32.1 Å². The minimum Gasteiger partial charge on any atom is -0.481 e. The number of hydrogen-bond donors (Lipinski definition) is 2. The topological polar surface area (TPSA) is 74.6 Å². The summed E-state index contributed by atoms with van der Waals surface area (Å²) in [7, 11) is 0. The van der Waals surface area contributed by atoms with Gasteiger partial charge in [-0.1, -0.05) is 43.2 Å². The van der Waals surface area contributed by atoms with Gasteiger partial charge in [0.1, 0.15) is 0 Å². The Balaban J connectivity index is 0.000000184. The van der Waals surface area contributed by atoms with Crippen molar-refractivity contribution in [3.05, 3.63) is 35.9 Å². The zero-order valence-electron chi connectivity index (χ0n) is 10.2. The van der Waals surface area contributed by atoms with Gasteiger partial charge in [-0.05, 0) is 18.4 Å². The number of carbonyl (C=O) groups is 2. The van der Waals surface area contributed by atoms with Crippen LogP contribution in [-0.4, -0.2) is 22.2 Å². The van der Waals surface area contributed by atoms with Crippen LogP contribution in [-0.2, 0) is 16.0 Å². The van der Waals surface area contributed by atoms with Crippen molar-refractivity contribution in [2.75, 3.05) is 0 Å². The average Bonchev–Trinajstić information content (AvgIpc) is 2.84. The fraction of sp³-hybridized carbons (Fsp3) is 0.429. The Labute approximate surface area is 106 Å². The highest BCUT2D eigenvalue weighted by Gasteiger charge is 2.20. The van der Waals surface area contributed by atoms with Crippen LogP contribution >= 0.6 is 0 Å². The largest absolute Gasteiger partial charge is 0.481 e. The quantitative estimate of drug-likeness (QED) is 0.864. The first kappa shape index (κ1) is 14.2. The van der Waals surface area contributed by atoms with Crippen LogP contribution in [0.4, 0.5) is 0 Å². The van der Waals surface area contributed by atoms with Crippen LogP contribution in [0.15, 0.2) is 30.3 Å². The Morgan fingerprint density at radius 3 is 2.00 bits per heavy atom. The summed E-state index contributed by atoms with van der Waals surface area (Å²) in [5.74, 6) is -1.41. The molecule has 1 fully saturated rings. The van der Waals surface area contributed by atoms with Crippen molar-refractivity contribution in [3.63, 3.8) is 0 Å². The second-order valence-corrected chi connectivity index (χ2v) is 4.38. The summed E-state index contributed by atoms with van der Waals surface area (Å²) in [4.78, 5) is 20.4. The minimum absolute atomic E-state index is 0.0185. The minimum atomic E-state index is -0.786. The fourth-order valence-corrected chi connectivity index (χ4v) is 1.94. The van der Waals surface area contributed by atoms with Crippen molar-refractivity contribution in [2.24, 2.45) is 5.92 Å². The second-order valence-electron chi connectivity index (χ2n) is 4.38. The lowest BCUT2D eigenvalue weighted by molar-refractivity contribution is -0.141. The van der Waals surface area contributed by atoms with Crippen molar-refractivity contribution in [3.8, 4) is 0 Å². The number of carboxylic acid groups (broad SMARTS) is 2. The SMILES string of the molecule is O=C(O)C1CCCC1.O=C(O)Cc1ccccc1. The smallest absolute Gasteiger partial charge is 0.307 e. The van der Waals surface area contributed by atoms with Gasteiger partial charge >= 0.3 is 11.9 Å². The molecule has 0 radical (unpaired) electrons. The normalized spacial score (nSPS) is 14.7. The molecule has 2 N–H and O–H groups in total. The molecule has 1 aliphatic carbocycles. The molecular weight excluding hydrogens is 232 g/mol. The molecule has 1 aliphatic rings. The third kappa shape index (κ3) is 5.48. The van der Waals surface area contributed by atoms with Gasteiger partial charge in [-0.3, -0.25) is 9.59 Å². The van der Waals surface area contributed by atoms with E-state index in [1.54, 1.807) is 12.1 Å². The Morgan fingerprint density at radius 2 is 1.61 bits per heavy atom. The van der Waals surface area contributed by atoms with Gasteiger partial charge < -0.3 is 10.2 Å². The van der Waals surface area contributed by atoms with E-state index in [1.807, 2.05) is 18.2 Å². The molecule has 1 saturated carbocycles. The first-order valence-electron chi connectivity index (χ1n) is 6.08. The highest BCUT2D eigenvalue weighted by Crippen LogP contribution is 2.24. The molecule has 0 unspecified atom stereocenters. The number of aliphatic carboxylic acids is 2. The van der Waals surface area contributed by atoms with Crippen LogP contribution in [0.3, 0.4) is 0 Å². The first-order chi connectivity index (χ1) is 8.59. The molecular formula is C14H18O4. The molecule has 0 bridgehead atoms. The van der Waals surface area contributed by atoms with E-state index >= 15 is 0 Å². The van der Waals surface area contributed by atoms with Crippen molar-refractivity contribution >= 4 is 11.9 Å². The van der Waals surface area contributed by atoms with E-state index in [4.69, 9.17) is 10.2 Å².